The summed E-state index contributed by atoms with van der Waals surface area (Å²) in [6.45, 7) is 0. The monoisotopic (exact) mass is 441 g/mol. The summed E-state index contributed by atoms with van der Waals surface area (Å²) >= 11 is 0. The van der Waals surface area contributed by atoms with Gasteiger partial charge in [0.15, 0.2) is 5.82 Å². The number of nitrogens with one attached hydrogen (secondary N) is 3. The number of hydrogen-bond donors (Lipinski definition) is 4. The topological polar surface area (TPSA) is 105 Å². The number of amides is 2. The van der Waals surface area contributed by atoms with E-state index in [9.17, 15) is 18.0 Å². The number of aromatic amines is 1. The smallest absolute Gasteiger partial charge is 0.416 e. The minimum atomic E-state index is -4.49. The van der Waals surface area contributed by atoms with E-state index in [0.717, 1.165) is 23.3 Å². The van der Waals surface area contributed by atoms with Gasteiger partial charge in [0.2, 0.25) is 0 Å². The number of anilines is 3. The summed E-state index contributed by atoms with van der Waals surface area (Å²) in [7, 11) is 1.55. The molecule has 0 unspecified atom stereocenters. The molecule has 0 fully saturated rings. The van der Waals surface area contributed by atoms with Crippen LogP contribution in [-0.4, -0.2) is 23.3 Å². The first-order valence-electron chi connectivity index (χ1n) is 9.42. The molecule has 7 nitrogen and oxygen atoms in total. The third-order valence-corrected chi connectivity index (χ3v) is 4.83. The van der Waals surface area contributed by atoms with E-state index in [0.29, 0.717) is 28.2 Å². The first-order valence-corrected chi connectivity index (χ1v) is 9.42. The highest BCUT2D eigenvalue weighted by Crippen LogP contribution is 2.36. The van der Waals surface area contributed by atoms with Crippen LogP contribution in [-0.2, 0) is 6.18 Å². The average Bonchev–Trinajstić information content (AvgIpc) is 3.15. The van der Waals surface area contributed by atoms with Crippen molar-refractivity contribution < 1.29 is 22.7 Å². The van der Waals surface area contributed by atoms with Crippen LogP contribution in [0.15, 0.2) is 60.7 Å². The lowest BCUT2D eigenvalue weighted by molar-refractivity contribution is -0.137. The Balaban J connectivity index is 1.51. The second-order valence-electron chi connectivity index (χ2n) is 6.91. The number of H-pyrrole nitrogens is 1. The van der Waals surface area contributed by atoms with Gasteiger partial charge in [-0.3, -0.25) is 5.10 Å². The van der Waals surface area contributed by atoms with Gasteiger partial charge in [-0.25, -0.2) is 4.79 Å². The molecule has 4 rings (SSSR count). The Bertz CT molecular complexity index is 1280. The van der Waals surface area contributed by atoms with Gasteiger partial charge in [0.1, 0.15) is 11.3 Å². The highest BCUT2D eigenvalue weighted by molar-refractivity contribution is 6.04. The molecule has 0 aliphatic rings. The zero-order valence-corrected chi connectivity index (χ0v) is 16.7. The van der Waals surface area contributed by atoms with E-state index in [1.54, 1.807) is 37.4 Å². The van der Waals surface area contributed by atoms with E-state index >= 15 is 0 Å². The van der Waals surface area contributed by atoms with Crippen LogP contribution in [0, 0.1) is 0 Å². The van der Waals surface area contributed by atoms with Crippen LogP contribution in [0.25, 0.3) is 22.0 Å². The number of hydrogen-bond acceptors (Lipinski definition) is 4. The number of aromatic nitrogens is 2. The number of carbonyl (C=O) groups is 1. The van der Waals surface area contributed by atoms with Crippen molar-refractivity contribution in [3.63, 3.8) is 0 Å². The van der Waals surface area contributed by atoms with Crippen molar-refractivity contribution in [3.8, 4) is 16.9 Å². The van der Waals surface area contributed by atoms with Crippen molar-refractivity contribution in [2.75, 3.05) is 23.5 Å². The Morgan fingerprint density at radius 1 is 1.03 bits per heavy atom. The molecule has 0 saturated heterocycles. The fraction of sp³-hybridized carbons (Fsp3) is 0.0909. The summed E-state index contributed by atoms with van der Waals surface area (Å²) in [6.07, 6.45) is -4.49. The Morgan fingerprint density at radius 3 is 2.44 bits per heavy atom. The summed E-state index contributed by atoms with van der Waals surface area (Å²) < 4.78 is 43.8. The standard InChI is InChI=1S/C22H18F3N5O2/c1-32-17-10-9-16(18-19(17)29-30-20(18)26)12-5-7-14(8-6-12)27-21(31)28-15-4-2-3-13(11-15)22(23,24)25/h2-11H,1H3,(H3,26,29,30)(H2,27,28,31). The summed E-state index contributed by atoms with van der Waals surface area (Å²) in [5.74, 6) is 0.939. The Labute approximate surface area is 180 Å². The number of methoxy groups -OCH3 is 1. The maximum absolute atomic E-state index is 12.8. The molecule has 10 heteroatoms. The van der Waals surface area contributed by atoms with Gasteiger partial charge in [-0.1, -0.05) is 18.2 Å². The Kier molecular flexibility index (Phi) is 5.35. The molecule has 0 aliphatic carbocycles. The number of carbonyl (C=O) groups excluding carboxylic acids is 1. The van der Waals surface area contributed by atoms with E-state index in [1.807, 2.05) is 6.07 Å². The van der Waals surface area contributed by atoms with Crippen LogP contribution < -0.4 is 21.1 Å². The predicted molar refractivity (Wildman–Crippen MR) is 117 cm³/mol. The molecule has 1 heterocycles. The van der Waals surface area contributed by atoms with Gasteiger partial charge < -0.3 is 21.1 Å². The zero-order valence-electron chi connectivity index (χ0n) is 16.7. The SMILES string of the molecule is COc1ccc(-c2ccc(NC(=O)Nc3cccc(C(F)(F)F)c3)cc2)c2c(N)n[nH]c12. The lowest BCUT2D eigenvalue weighted by Crippen LogP contribution is -2.19. The Hall–Kier alpha value is -4.21. The number of alkyl halides is 3. The number of rotatable bonds is 4. The molecular weight excluding hydrogens is 423 g/mol. The van der Waals surface area contributed by atoms with E-state index in [-0.39, 0.29) is 5.69 Å². The summed E-state index contributed by atoms with van der Waals surface area (Å²) in [5, 5.41) is 12.6. The number of nitrogens with zero attached hydrogens (tertiary/aromatic N) is 1. The number of halogens is 3. The second kappa shape index (κ2) is 8.14. The van der Waals surface area contributed by atoms with E-state index < -0.39 is 17.8 Å². The molecule has 5 N–H and O–H groups in total. The van der Waals surface area contributed by atoms with E-state index in [4.69, 9.17) is 10.5 Å². The fourth-order valence-electron chi connectivity index (χ4n) is 3.34. The first-order chi connectivity index (χ1) is 15.3. The molecule has 0 bridgehead atoms. The molecule has 0 saturated carbocycles. The minimum absolute atomic E-state index is 0.0324. The van der Waals surface area contributed by atoms with Crippen LogP contribution in [0.3, 0.4) is 0 Å². The highest BCUT2D eigenvalue weighted by atomic mass is 19.4. The largest absolute Gasteiger partial charge is 0.494 e. The lowest BCUT2D eigenvalue weighted by Gasteiger charge is -2.11. The van der Waals surface area contributed by atoms with E-state index in [2.05, 4.69) is 20.8 Å². The van der Waals surface area contributed by atoms with Crippen molar-refractivity contribution >= 4 is 34.1 Å². The van der Waals surface area contributed by atoms with Gasteiger partial charge in [0, 0.05) is 11.4 Å². The maximum Gasteiger partial charge on any atom is 0.416 e. The number of urea groups is 1. The normalized spacial score (nSPS) is 11.4. The van der Waals surface area contributed by atoms with Gasteiger partial charge >= 0.3 is 12.2 Å². The fourth-order valence-corrected chi connectivity index (χ4v) is 3.34. The quantitative estimate of drug-likeness (QED) is 0.336. The number of nitrogen functional groups attached to an aromatic ring is 1. The van der Waals surface area contributed by atoms with Gasteiger partial charge in [0.25, 0.3) is 0 Å². The minimum Gasteiger partial charge on any atom is -0.494 e. The van der Waals surface area contributed by atoms with Crippen molar-refractivity contribution in [2.45, 2.75) is 6.18 Å². The average molecular weight is 441 g/mol. The lowest BCUT2D eigenvalue weighted by atomic mass is 10.0. The van der Waals surface area contributed by atoms with Crippen molar-refractivity contribution in [1.82, 2.24) is 10.2 Å². The number of ether oxygens (including phenoxy) is 1. The van der Waals surface area contributed by atoms with Crippen LogP contribution >= 0.6 is 0 Å². The molecule has 164 valence electrons. The molecule has 1 aromatic heterocycles. The maximum atomic E-state index is 12.8. The van der Waals surface area contributed by atoms with Crippen LogP contribution in [0.1, 0.15) is 5.56 Å². The molecule has 3 aromatic carbocycles. The summed E-state index contributed by atoms with van der Waals surface area (Å²) in [5.41, 5.74) is 7.99. The van der Waals surface area contributed by atoms with Crippen LogP contribution in [0.5, 0.6) is 5.75 Å². The van der Waals surface area contributed by atoms with Gasteiger partial charge in [-0.05, 0) is 53.6 Å². The molecule has 0 aliphatic heterocycles. The van der Waals surface area contributed by atoms with Crippen LogP contribution in [0.2, 0.25) is 0 Å². The Morgan fingerprint density at radius 2 is 1.75 bits per heavy atom. The first kappa shape index (κ1) is 21.0. The molecule has 2 amide bonds. The van der Waals surface area contributed by atoms with Gasteiger partial charge in [0.05, 0.1) is 18.1 Å². The second-order valence-corrected chi connectivity index (χ2v) is 6.91. The van der Waals surface area contributed by atoms with Crippen LogP contribution in [0.4, 0.5) is 35.2 Å². The predicted octanol–water partition coefficient (Wildman–Crippen LogP) is 5.48. The van der Waals surface area contributed by atoms with Crippen molar-refractivity contribution in [1.29, 1.82) is 0 Å². The third kappa shape index (κ3) is 4.15. The van der Waals surface area contributed by atoms with Gasteiger partial charge in [-0.2, -0.15) is 18.3 Å². The molecule has 4 aromatic rings. The number of fused-ring (bicyclic) bond motifs is 1. The number of nitrogens with two attached hydrogens (primary N) is 1. The summed E-state index contributed by atoms with van der Waals surface area (Å²) in [6, 6.07) is 14.3. The molecule has 0 spiro atoms. The summed E-state index contributed by atoms with van der Waals surface area (Å²) in [4.78, 5) is 12.2. The molecule has 0 radical (unpaired) electrons. The van der Waals surface area contributed by atoms with Crippen molar-refractivity contribution in [2.24, 2.45) is 0 Å². The molecule has 0 atom stereocenters. The van der Waals surface area contributed by atoms with Gasteiger partial charge in [-0.15, -0.1) is 0 Å². The van der Waals surface area contributed by atoms with E-state index in [1.165, 1.54) is 12.1 Å². The van der Waals surface area contributed by atoms with Crippen molar-refractivity contribution in [3.05, 3.63) is 66.2 Å². The third-order valence-electron chi connectivity index (χ3n) is 4.83. The molecule has 32 heavy (non-hydrogen) atoms. The number of benzene rings is 3. The highest BCUT2D eigenvalue weighted by Gasteiger charge is 2.30. The zero-order chi connectivity index (χ0) is 22.9. The molecular formula is C22H18F3N5O2.